The molecule has 1 heterocycles. The predicted molar refractivity (Wildman–Crippen MR) is 121 cm³/mol. The fourth-order valence-corrected chi connectivity index (χ4v) is 4.67. The van der Waals surface area contributed by atoms with Gasteiger partial charge in [0.2, 0.25) is 15.9 Å². The van der Waals surface area contributed by atoms with Gasteiger partial charge in [-0.1, -0.05) is 6.08 Å². The topological polar surface area (TPSA) is 94.2 Å². The van der Waals surface area contributed by atoms with Crippen LogP contribution in [0.1, 0.15) is 18.4 Å². The summed E-state index contributed by atoms with van der Waals surface area (Å²) in [6.45, 7) is 0.592. The molecule has 0 radical (unpaired) electrons. The molecule has 1 N–H and O–H groups in total. The van der Waals surface area contributed by atoms with Crippen molar-refractivity contribution in [3.05, 3.63) is 53.6 Å². The monoisotopic (exact) mass is 496 g/mol. The van der Waals surface area contributed by atoms with E-state index in [1.807, 2.05) is 6.08 Å². The molecule has 0 aliphatic carbocycles. The highest BCUT2D eigenvalue weighted by molar-refractivity contribution is 7.89. The molecule has 0 saturated heterocycles. The van der Waals surface area contributed by atoms with Gasteiger partial charge < -0.3 is 19.1 Å². The zero-order valence-electron chi connectivity index (χ0n) is 19.1. The van der Waals surface area contributed by atoms with Crippen molar-refractivity contribution in [2.24, 2.45) is 0 Å². The second-order valence-corrected chi connectivity index (χ2v) is 9.22. The molecule has 184 valence electrons. The van der Waals surface area contributed by atoms with Crippen molar-refractivity contribution in [2.45, 2.75) is 17.7 Å². The van der Waals surface area contributed by atoms with Crippen molar-refractivity contribution in [2.75, 3.05) is 41.0 Å². The molecule has 0 unspecified atom stereocenters. The number of halogens is 2. The van der Waals surface area contributed by atoms with Gasteiger partial charge in [-0.25, -0.2) is 21.9 Å². The Labute approximate surface area is 197 Å². The van der Waals surface area contributed by atoms with Crippen molar-refractivity contribution in [3.8, 4) is 17.2 Å². The number of benzene rings is 2. The number of amides is 1. The number of carbonyl (C=O) groups is 1. The number of rotatable bonds is 9. The van der Waals surface area contributed by atoms with Crippen molar-refractivity contribution in [1.29, 1.82) is 0 Å². The average molecular weight is 497 g/mol. The summed E-state index contributed by atoms with van der Waals surface area (Å²) in [7, 11) is 0.589. The molecule has 1 aliphatic rings. The number of carbonyl (C=O) groups excluding carboxylic acids is 1. The maximum atomic E-state index is 13.3. The lowest BCUT2D eigenvalue weighted by Crippen LogP contribution is -2.37. The van der Waals surface area contributed by atoms with Crippen molar-refractivity contribution >= 4 is 21.5 Å². The van der Waals surface area contributed by atoms with Gasteiger partial charge in [-0.3, -0.25) is 4.79 Å². The second-order valence-electron chi connectivity index (χ2n) is 7.45. The molecule has 2 aromatic carbocycles. The maximum absolute atomic E-state index is 13.3. The van der Waals surface area contributed by atoms with E-state index in [2.05, 4.69) is 4.72 Å². The van der Waals surface area contributed by atoms with E-state index in [-0.39, 0.29) is 18.9 Å². The van der Waals surface area contributed by atoms with Crippen LogP contribution in [0.25, 0.3) is 5.57 Å². The van der Waals surface area contributed by atoms with Crippen molar-refractivity contribution in [3.63, 3.8) is 0 Å². The summed E-state index contributed by atoms with van der Waals surface area (Å²) in [5.41, 5.74) is 1.75. The van der Waals surface area contributed by atoms with Gasteiger partial charge in [0, 0.05) is 38.2 Å². The second kappa shape index (κ2) is 10.8. The molecule has 1 aliphatic heterocycles. The predicted octanol–water partition coefficient (Wildman–Crippen LogP) is 2.97. The zero-order valence-corrected chi connectivity index (χ0v) is 19.9. The molecular weight excluding hydrogens is 470 g/mol. The summed E-state index contributed by atoms with van der Waals surface area (Å²) in [6, 6.07) is 5.81. The zero-order chi connectivity index (χ0) is 24.9. The number of hydrogen-bond donors (Lipinski definition) is 1. The van der Waals surface area contributed by atoms with E-state index in [9.17, 15) is 22.0 Å². The first kappa shape index (κ1) is 25.4. The van der Waals surface area contributed by atoms with Gasteiger partial charge in [0.05, 0.1) is 31.8 Å². The Morgan fingerprint density at radius 3 is 2.24 bits per heavy atom. The van der Waals surface area contributed by atoms with Gasteiger partial charge in [-0.05, 0) is 30.2 Å². The Hall–Kier alpha value is -3.18. The minimum absolute atomic E-state index is 0.0821. The highest BCUT2D eigenvalue weighted by Crippen LogP contribution is 2.40. The highest BCUT2D eigenvalue weighted by Gasteiger charge is 2.23. The summed E-state index contributed by atoms with van der Waals surface area (Å²) in [6.07, 6.45) is 2.37. The lowest BCUT2D eigenvalue weighted by molar-refractivity contribution is -0.130. The smallest absolute Gasteiger partial charge is 0.240 e. The Morgan fingerprint density at radius 1 is 1.03 bits per heavy atom. The quantitative estimate of drug-likeness (QED) is 0.574. The molecule has 1 amide bonds. The summed E-state index contributed by atoms with van der Waals surface area (Å²) in [5.74, 6) is -0.868. The minimum atomic E-state index is -4.07. The molecule has 2 aromatic rings. The van der Waals surface area contributed by atoms with E-state index >= 15 is 0 Å². The summed E-state index contributed by atoms with van der Waals surface area (Å²) in [4.78, 5) is 13.8. The summed E-state index contributed by atoms with van der Waals surface area (Å²) < 4.78 is 69.4. The highest BCUT2D eigenvalue weighted by atomic mass is 32.2. The first-order valence-electron chi connectivity index (χ1n) is 10.4. The van der Waals surface area contributed by atoms with Crippen LogP contribution in [0.4, 0.5) is 8.78 Å². The first-order valence-corrected chi connectivity index (χ1v) is 11.9. The van der Waals surface area contributed by atoms with Crippen LogP contribution in [-0.4, -0.2) is 60.2 Å². The Kier molecular flexibility index (Phi) is 8.11. The van der Waals surface area contributed by atoms with Crippen LogP contribution in [0.5, 0.6) is 17.2 Å². The third-order valence-corrected chi connectivity index (χ3v) is 6.89. The number of hydrogen-bond acceptors (Lipinski definition) is 6. The molecule has 0 spiro atoms. The standard InChI is InChI=1S/C23H26F2N2O6S/c1-31-16-12-20(32-2)23(21(13-16)33-3)15-7-10-27(11-8-15)22(28)6-9-26-34(29,30)17-4-5-18(24)19(25)14-17/h4-5,7,12-14,26H,6,8-11H2,1-3H3. The summed E-state index contributed by atoms with van der Waals surface area (Å²) in [5, 5.41) is 0. The molecule has 0 saturated carbocycles. The van der Waals surface area contributed by atoms with E-state index in [0.29, 0.717) is 42.8 Å². The maximum Gasteiger partial charge on any atom is 0.240 e. The van der Waals surface area contributed by atoms with Crippen LogP contribution in [0.3, 0.4) is 0 Å². The van der Waals surface area contributed by atoms with E-state index in [1.165, 1.54) is 0 Å². The Bertz CT molecular complexity index is 1170. The van der Waals surface area contributed by atoms with Crippen LogP contribution in [0, 0.1) is 11.6 Å². The molecule has 0 aromatic heterocycles. The van der Waals surface area contributed by atoms with Gasteiger partial charge in [0.15, 0.2) is 11.6 Å². The average Bonchev–Trinajstić information content (AvgIpc) is 2.84. The lowest BCUT2D eigenvalue weighted by atomic mass is 9.97. The largest absolute Gasteiger partial charge is 0.496 e. The Morgan fingerprint density at radius 2 is 1.71 bits per heavy atom. The molecule has 0 fully saturated rings. The molecule has 0 atom stereocenters. The van der Waals surface area contributed by atoms with Crippen LogP contribution in [0.15, 0.2) is 41.3 Å². The SMILES string of the molecule is COc1cc(OC)c(C2=CCN(C(=O)CCNS(=O)(=O)c3ccc(F)c(F)c3)CC2)c(OC)c1. The Balaban J connectivity index is 1.62. The third-order valence-electron chi connectivity index (χ3n) is 5.43. The number of ether oxygens (including phenoxy) is 3. The molecular formula is C23H26F2N2O6S. The van der Waals surface area contributed by atoms with Crippen molar-refractivity contribution < 1.29 is 36.2 Å². The van der Waals surface area contributed by atoms with Gasteiger partial charge in [0.1, 0.15) is 17.2 Å². The van der Waals surface area contributed by atoms with E-state index in [0.717, 1.165) is 23.3 Å². The molecule has 3 rings (SSSR count). The van der Waals surface area contributed by atoms with Crippen LogP contribution >= 0.6 is 0 Å². The van der Waals surface area contributed by atoms with E-state index in [1.54, 1.807) is 38.4 Å². The first-order chi connectivity index (χ1) is 16.2. The van der Waals surface area contributed by atoms with Crippen LogP contribution < -0.4 is 18.9 Å². The third kappa shape index (κ3) is 5.65. The minimum Gasteiger partial charge on any atom is -0.496 e. The molecule has 8 nitrogen and oxygen atoms in total. The number of sulfonamides is 1. The number of nitrogens with one attached hydrogen (secondary N) is 1. The molecule has 11 heteroatoms. The molecule has 34 heavy (non-hydrogen) atoms. The normalized spacial score (nSPS) is 13.9. The van der Waals surface area contributed by atoms with Gasteiger partial charge in [-0.2, -0.15) is 0 Å². The van der Waals surface area contributed by atoms with Gasteiger partial charge in [0.25, 0.3) is 0 Å². The fraction of sp³-hybridized carbons (Fsp3) is 0.348. The van der Waals surface area contributed by atoms with E-state index in [4.69, 9.17) is 14.2 Å². The van der Waals surface area contributed by atoms with Crippen LogP contribution in [-0.2, 0) is 14.8 Å². The molecule has 0 bridgehead atoms. The van der Waals surface area contributed by atoms with Crippen molar-refractivity contribution in [1.82, 2.24) is 9.62 Å². The van der Waals surface area contributed by atoms with Crippen LogP contribution in [0.2, 0.25) is 0 Å². The van der Waals surface area contributed by atoms with E-state index < -0.39 is 26.6 Å². The fourth-order valence-electron chi connectivity index (χ4n) is 3.62. The number of methoxy groups -OCH3 is 3. The number of nitrogens with zero attached hydrogens (tertiary/aromatic N) is 1. The van der Waals surface area contributed by atoms with Gasteiger partial charge in [-0.15, -0.1) is 0 Å². The summed E-state index contributed by atoms with van der Waals surface area (Å²) >= 11 is 0. The lowest BCUT2D eigenvalue weighted by Gasteiger charge is -2.28. The van der Waals surface area contributed by atoms with Gasteiger partial charge >= 0.3 is 0 Å².